The zero-order chi connectivity index (χ0) is 9.42. The van der Waals surface area contributed by atoms with Gasteiger partial charge in [-0.05, 0) is 40.8 Å². The molecule has 0 unspecified atom stereocenters. The van der Waals surface area contributed by atoms with Crippen LogP contribution in [0, 0.1) is 6.92 Å². The van der Waals surface area contributed by atoms with Gasteiger partial charge >= 0.3 is 0 Å². The number of aryl methyl sites for hydroxylation is 1. The van der Waals surface area contributed by atoms with Crippen LogP contribution in [0.3, 0.4) is 0 Å². The fourth-order valence-electron chi connectivity index (χ4n) is 1.62. The van der Waals surface area contributed by atoms with Crippen molar-refractivity contribution in [2.45, 2.75) is 26.7 Å². The Morgan fingerprint density at radius 1 is 1.23 bits per heavy atom. The molecule has 0 amide bonds. The van der Waals surface area contributed by atoms with Gasteiger partial charge in [-0.25, -0.2) is 0 Å². The predicted molar refractivity (Wildman–Crippen MR) is 60.7 cm³/mol. The Labute approximate surface area is 83.2 Å². The van der Waals surface area contributed by atoms with Crippen LogP contribution in [0.4, 0.5) is 0 Å². The van der Waals surface area contributed by atoms with Crippen LogP contribution >= 0.6 is 11.3 Å². The van der Waals surface area contributed by atoms with Gasteiger partial charge in [0.15, 0.2) is 0 Å². The van der Waals surface area contributed by atoms with Crippen molar-refractivity contribution in [3.63, 3.8) is 0 Å². The van der Waals surface area contributed by atoms with Crippen molar-refractivity contribution in [1.82, 2.24) is 0 Å². The van der Waals surface area contributed by atoms with Gasteiger partial charge in [-0.15, -0.1) is 11.3 Å². The zero-order valence-electron chi connectivity index (χ0n) is 8.29. The molecule has 0 N–H and O–H groups in total. The summed E-state index contributed by atoms with van der Waals surface area (Å²) in [5.74, 6) is 0.628. The first-order chi connectivity index (χ1) is 6.18. The van der Waals surface area contributed by atoms with Gasteiger partial charge in [0, 0.05) is 4.70 Å². The van der Waals surface area contributed by atoms with Crippen molar-refractivity contribution in [3.8, 4) is 0 Å². The summed E-state index contributed by atoms with van der Waals surface area (Å²) in [7, 11) is 0. The second-order valence-electron chi connectivity index (χ2n) is 3.83. The molecule has 1 aromatic carbocycles. The third-order valence-electron chi connectivity index (χ3n) is 2.43. The molecule has 0 radical (unpaired) electrons. The van der Waals surface area contributed by atoms with Gasteiger partial charge in [0.05, 0.1) is 0 Å². The smallest absolute Gasteiger partial charge is 0.0372 e. The van der Waals surface area contributed by atoms with Gasteiger partial charge in [0.25, 0.3) is 0 Å². The van der Waals surface area contributed by atoms with Gasteiger partial charge < -0.3 is 0 Å². The van der Waals surface area contributed by atoms with Crippen molar-refractivity contribution in [2.75, 3.05) is 0 Å². The molecule has 0 aliphatic heterocycles. The lowest BCUT2D eigenvalue weighted by molar-refractivity contribution is 0.867. The number of rotatable bonds is 1. The number of fused-ring (bicyclic) bond motifs is 1. The molecule has 0 atom stereocenters. The topological polar surface area (TPSA) is 0 Å². The van der Waals surface area contributed by atoms with Crippen LogP contribution in [0.2, 0.25) is 0 Å². The fraction of sp³-hybridized carbons (Fsp3) is 0.333. The summed E-state index contributed by atoms with van der Waals surface area (Å²) in [6, 6.07) is 6.83. The maximum Gasteiger partial charge on any atom is 0.0372 e. The van der Waals surface area contributed by atoms with E-state index in [0.29, 0.717) is 5.92 Å². The third kappa shape index (κ3) is 1.49. The lowest BCUT2D eigenvalue weighted by Gasteiger charge is -2.07. The van der Waals surface area contributed by atoms with Crippen molar-refractivity contribution >= 4 is 21.4 Å². The Kier molecular flexibility index (Phi) is 2.12. The first kappa shape index (κ1) is 8.76. The average Bonchev–Trinajstić information content (AvgIpc) is 2.51. The summed E-state index contributed by atoms with van der Waals surface area (Å²) < 4.78 is 1.43. The zero-order valence-corrected chi connectivity index (χ0v) is 9.11. The molecule has 0 bridgehead atoms. The highest BCUT2D eigenvalue weighted by molar-refractivity contribution is 7.17. The molecule has 2 aromatic rings. The highest BCUT2D eigenvalue weighted by Gasteiger charge is 2.04. The molecule has 0 saturated carbocycles. The fourth-order valence-corrected chi connectivity index (χ4v) is 2.48. The van der Waals surface area contributed by atoms with Crippen molar-refractivity contribution in [3.05, 3.63) is 34.7 Å². The normalized spacial score (nSPS) is 11.4. The van der Waals surface area contributed by atoms with Crippen LogP contribution in [0.1, 0.15) is 30.9 Å². The van der Waals surface area contributed by atoms with E-state index >= 15 is 0 Å². The number of hydrogen-bond acceptors (Lipinski definition) is 1. The van der Waals surface area contributed by atoms with E-state index in [9.17, 15) is 0 Å². The summed E-state index contributed by atoms with van der Waals surface area (Å²) in [5.41, 5.74) is 2.86. The largest absolute Gasteiger partial charge is 0.144 e. The molecule has 0 nitrogen and oxygen atoms in total. The minimum Gasteiger partial charge on any atom is -0.144 e. The van der Waals surface area contributed by atoms with Crippen LogP contribution < -0.4 is 0 Å². The van der Waals surface area contributed by atoms with Crippen LogP contribution in [0.25, 0.3) is 10.1 Å². The van der Waals surface area contributed by atoms with E-state index < -0.39 is 0 Å². The third-order valence-corrected chi connectivity index (χ3v) is 3.49. The van der Waals surface area contributed by atoms with E-state index in [1.54, 1.807) is 0 Å². The predicted octanol–water partition coefficient (Wildman–Crippen LogP) is 4.33. The molecule has 0 spiro atoms. The molecule has 0 fully saturated rings. The Bertz CT molecular complexity index is 424. The van der Waals surface area contributed by atoms with Gasteiger partial charge in [-0.1, -0.05) is 26.0 Å². The molecule has 68 valence electrons. The molecule has 0 aliphatic carbocycles. The van der Waals surface area contributed by atoms with E-state index in [2.05, 4.69) is 44.4 Å². The average molecular weight is 190 g/mol. The summed E-state index contributed by atoms with van der Waals surface area (Å²) in [6.45, 7) is 6.69. The van der Waals surface area contributed by atoms with E-state index in [4.69, 9.17) is 0 Å². The molecule has 0 aliphatic rings. The first-order valence-electron chi connectivity index (χ1n) is 4.66. The molecular weight excluding hydrogens is 176 g/mol. The second-order valence-corrected chi connectivity index (χ2v) is 4.75. The number of hydrogen-bond donors (Lipinski definition) is 0. The van der Waals surface area contributed by atoms with Crippen LogP contribution in [-0.4, -0.2) is 0 Å². The summed E-state index contributed by atoms with van der Waals surface area (Å²) in [4.78, 5) is 0. The lowest BCUT2D eigenvalue weighted by atomic mass is 9.99. The number of thiophene rings is 1. The van der Waals surface area contributed by atoms with E-state index in [1.807, 2.05) is 11.3 Å². The second kappa shape index (κ2) is 3.15. The quantitative estimate of drug-likeness (QED) is 0.627. The van der Waals surface area contributed by atoms with Gasteiger partial charge in [0.1, 0.15) is 0 Å². The molecule has 2 rings (SSSR count). The Morgan fingerprint density at radius 2 is 2.00 bits per heavy atom. The Hall–Kier alpha value is -0.820. The molecular formula is C12H14S. The summed E-state index contributed by atoms with van der Waals surface area (Å²) >= 11 is 1.83. The Morgan fingerprint density at radius 3 is 2.69 bits per heavy atom. The van der Waals surface area contributed by atoms with Crippen molar-refractivity contribution < 1.29 is 0 Å². The lowest BCUT2D eigenvalue weighted by Crippen LogP contribution is -1.87. The van der Waals surface area contributed by atoms with Crippen LogP contribution in [0.15, 0.2) is 23.6 Å². The molecule has 13 heavy (non-hydrogen) atoms. The van der Waals surface area contributed by atoms with Crippen LogP contribution in [0.5, 0.6) is 0 Å². The molecule has 0 saturated heterocycles. The first-order valence-corrected chi connectivity index (χ1v) is 5.54. The molecule has 1 heteroatoms. The summed E-state index contributed by atoms with van der Waals surface area (Å²) in [5, 5.41) is 3.57. The van der Waals surface area contributed by atoms with Crippen LogP contribution in [-0.2, 0) is 0 Å². The highest BCUT2D eigenvalue weighted by Crippen LogP contribution is 2.28. The maximum atomic E-state index is 2.31. The minimum absolute atomic E-state index is 0.628. The van der Waals surface area contributed by atoms with Crippen molar-refractivity contribution in [2.24, 2.45) is 0 Å². The SMILES string of the molecule is Cc1cc(C(C)C)cc2ccsc12. The molecule has 1 aromatic heterocycles. The monoisotopic (exact) mass is 190 g/mol. The minimum atomic E-state index is 0.628. The van der Waals surface area contributed by atoms with E-state index in [-0.39, 0.29) is 0 Å². The van der Waals surface area contributed by atoms with E-state index in [1.165, 1.54) is 21.2 Å². The standard InChI is InChI=1S/C12H14S/c1-8(2)11-6-9(3)12-10(7-11)4-5-13-12/h4-8H,1-3H3. The molecule has 1 heterocycles. The summed E-state index contributed by atoms with van der Waals surface area (Å²) in [6.07, 6.45) is 0. The van der Waals surface area contributed by atoms with Gasteiger partial charge in [-0.2, -0.15) is 0 Å². The maximum absolute atomic E-state index is 2.31. The Balaban J connectivity index is 2.70. The number of benzene rings is 1. The van der Waals surface area contributed by atoms with Gasteiger partial charge in [-0.3, -0.25) is 0 Å². The van der Waals surface area contributed by atoms with Gasteiger partial charge in [0.2, 0.25) is 0 Å². The van der Waals surface area contributed by atoms with E-state index in [0.717, 1.165) is 0 Å². The highest BCUT2D eigenvalue weighted by atomic mass is 32.1. The van der Waals surface area contributed by atoms with Crippen molar-refractivity contribution in [1.29, 1.82) is 0 Å².